The lowest BCUT2D eigenvalue weighted by atomic mass is 9.94. The molecule has 3 rings (SSSR count). The van der Waals surface area contributed by atoms with Crippen molar-refractivity contribution in [3.63, 3.8) is 0 Å². The SMILES string of the molecule is CC(C)c1nn2c(Cl)ccc2c(-c2ccc(F)cc2)c1/C=C/CCC(=O)O. The molecule has 0 aliphatic carbocycles. The average molecular weight is 387 g/mol. The Bertz CT molecular complexity index is 1010. The third-order valence-corrected chi connectivity index (χ3v) is 4.59. The predicted octanol–water partition coefficient (Wildman–Crippen LogP) is 5.80. The zero-order chi connectivity index (χ0) is 19.6. The van der Waals surface area contributed by atoms with Crippen molar-refractivity contribution < 1.29 is 14.3 Å². The summed E-state index contributed by atoms with van der Waals surface area (Å²) < 4.78 is 15.1. The molecule has 0 saturated heterocycles. The largest absolute Gasteiger partial charge is 0.481 e. The highest BCUT2D eigenvalue weighted by Crippen LogP contribution is 2.35. The molecule has 0 radical (unpaired) electrons. The van der Waals surface area contributed by atoms with Gasteiger partial charge in [-0.3, -0.25) is 4.79 Å². The minimum Gasteiger partial charge on any atom is -0.481 e. The van der Waals surface area contributed by atoms with Gasteiger partial charge in [-0.1, -0.05) is 49.7 Å². The van der Waals surface area contributed by atoms with Crippen LogP contribution in [0.2, 0.25) is 5.15 Å². The quantitative estimate of drug-likeness (QED) is 0.582. The Kier molecular flexibility index (Phi) is 5.61. The van der Waals surface area contributed by atoms with Gasteiger partial charge in [-0.25, -0.2) is 8.91 Å². The number of aliphatic carboxylic acids is 1. The highest BCUT2D eigenvalue weighted by atomic mass is 35.5. The van der Waals surface area contributed by atoms with E-state index in [0.717, 1.165) is 27.9 Å². The zero-order valence-corrected chi connectivity index (χ0v) is 15.9. The van der Waals surface area contributed by atoms with Gasteiger partial charge in [0.25, 0.3) is 0 Å². The van der Waals surface area contributed by atoms with Crippen LogP contribution in [0.3, 0.4) is 0 Å². The van der Waals surface area contributed by atoms with Gasteiger partial charge in [-0.05, 0) is 42.2 Å². The Morgan fingerprint density at radius 3 is 2.59 bits per heavy atom. The Balaban J connectivity index is 2.25. The van der Waals surface area contributed by atoms with E-state index >= 15 is 0 Å². The van der Waals surface area contributed by atoms with Gasteiger partial charge >= 0.3 is 5.97 Å². The highest BCUT2D eigenvalue weighted by molar-refractivity contribution is 6.30. The van der Waals surface area contributed by atoms with Crippen LogP contribution in [-0.4, -0.2) is 20.7 Å². The second kappa shape index (κ2) is 7.92. The maximum atomic E-state index is 13.4. The van der Waals surface area contributed by atoms with Crippen LogP contribution in [0.4, 0.5) is 4.39 Å². The fourth-order valence-corrected chi connectivity index (χ4v) is 3.24. The fourth-order valence-electron chi connectivity index (χ4n) is 3.05. The predicted molar refractivity (Wildman–Crippen MR) is 106 cm³/mol. The smallest absolute Gasteiger partial charge is 0.303 e. The molecule has 0 saturated carbocycles. The fraction of sp³-hybridized carbons (Fsp3) is 0.238. The summed E-state index contributed by atoms with van der Waals surface area (Å²) in [6.07, 6.45) is 4.23. The van der Waals surface area contributed by atoms with Crippen LogP contribution < -0.4 is 0 Å². The van der Waals surface area contributed by atoms with Crippen LogP contribution in [0.25, 0.3) is 22.7 Å². The Labute approximate surface area is 161 Å². The Hall–Kier alpha value is -2.66. The molecule has 0 aliphatic heterocycles. The van der Waals surface area contributed by atoms with Crippen LogP contribution in [-0.2, 0) is 4.79 Å². The summed E-state index contributed by atoms with van der Waals surface area (Å²) in [5.74, 6) is -1.03. The van der Waals surface area contributed by atoms with Crippen molar-refractivity contribution in [3.8, 4) is 11.1 Å². The van der Waals surface area contributed by atoms with Crippen molar-refractivity contribution in [3.05, 3.63) is 64.7 Å². The van der Waals surface area contributed by atoms with Crippen molar-refractivity contribution in [1.82, 2.24) is 9.61 Å². The van der Waals surface area contributed by atoms with E-state index in [-0.39, 0.29) is 18.2 Å². The van der Waals surface area contributed by atoms with E-state index in [4.69, 9.17) is 21.8 Å². The summed E-state index contributed by atoms with van der Waals surface area (Å²) in [4.78, 5) is 10.8. The van der Waals surface area contributed by atoms with E-state index in [0.29, 0.717) is 11.6 Å². The number of nitrogens with zero attached hydrogens (tertiary/aromatic N) is 2. The van der Waals surface area contributed by atoms with Gasteiger partial charge in [-0.15, -0.1) is 0 Å². The second-order valence-electron chi connectivity index (χ2n) is 6.62. The van der Waals surface area contributed by atoms with Gasteiger partial charge in [-0.2, -0.15) is 5.10 Å². The molecular weight excluding hydrogens is 367 g/mol. The number of aromatic nitrogens is 2. The number of benzene rings is 1. The van der Waals surface area contributed by atoms with Crippen LogP contribution >= 0.6 is 11.6 Å². The van der Waals surface area contributed by atoms with Gasteiger partial charge in [0.15, 0.2) is 0 Å². The first-order valence-corrected chi connectivity index (χ1v) is 9.11. The van der Waals surface area contributed by atoms with E-state index in [9.17, 15) is 9.18 Å². The lowest BCUT2D eigenvalue weighted by molar-refractivity contribution is -0.136. The van der Waals surface area contributed by atoms with Crippen LogP contribution in [0.1, 0.15) is 43.9 Å². The van der Waals surface area contributed by atoms with E-state index in [2.05, 4.69) is 0 Å². The normalized spacial score (nSPS) is 11.7. The van der Waals surface area contributed by atoms with Crippen LogP contribution in [0.15, 0.2) is 42.5 Å². The molecule has 140 valence electrons. The number of carbonyl (C=O) groups is 1. The third kappa shape index (κ3) is 4.03. The zero-order valence-electron chi connectivity index (χ0n) is 15.1. The summed E-state index contributed by atoms with van der Waals surface area (Å²) in [7, 11) is 0. The molecule has 0 atom stereocenters. The highest BCUT2D eigenvalue weighted by Gasteiger charge is 2.18. The van der Waals surface area contributed by atoms with Crippen molar-refractivity contribution in [2.45, 2.75) is 32.6 Å². The molecule has 3 aromatic rings. The summed E-state index contributed by atoms with van der Waals surface area (Å²) >= 11 is 6.31. The number of fused-ring (bicyclic) bond motifs is 1. The number of hydrogen-bond donors (Lipinski definition) is 1. The van der Waals surface area contributed by atoms with Gasteiger partial charge in [0.1, 0.15) is 11.0 Å². The molecule has 0 fully saturated rings. The number of carboxylic acid groups (broad SMARTS) is 1. The average Bonchev–Trinajstić information content (AvgIpc) is 2.99. The molecule has 27 heavy (non-hydrogen) atoms. The molecule has 0 amide bonds. The Morgan fingerprint density at radius 1 is 1.26 bits per heavy atom. The van der Waals surface area contributed by atoms with E-state index in [1.165, 1.54) is 12.1 Å². The van der Waals surface area contributed by atoms with Crippen molar-refractivity contribution in [1.29, 1.82) is 0 Å². The monoisotopic (exact) mass is 386 g/mol. The summed E-state index contributed by atoms with van der Waals surface area (Å²) in [5, 5.41) is 14.0. The minimum atomic E-state index is -0.838. The molecule has 4 nitrogen and oxygen atoms in total. The molecular formula is C21H20ClFN2O2. The first kappa shape index (κ1) is 19.1. The maximum absolute atomic E-state index is 13.4. The molecule has 0 spiro atoms. The third-order valence-electron chi connectivity index (χ3n) is 4.31. The number of allylic oxidation sites excluding steroid dienone is 1. The van der Waals surface area contributed by atoms with Crippen molar-refractivity contribution in [2.24, 2.45) is 0 Å². The Morgan fingerprint density at radius 2 is 1.96 bits per heavy atom. The topological polar surface area (TPSA) is 54.6 Å². The lowest BCUT2D eigenvalue weighted by Gasteiger charge is -2.17. The molecule has 2 aromatic heterocycles. The van der Waals surface area contributed by atoms with E-state index in [1.807, 2.05) is 32.1 Å². The number of carboxylic acids is 1. The standard InChI is InChI=1S/C21H20ClFN2O2/c1-13(2)21-16(5-3-4-6-19(26)27)20(14-7-9-15(23)10-8-14)17-11-12-18(22)25(17)24-21/h3,5,7-13H,4,6H2,1-2H3,(H,26,27)/b5-3+. The summed E-state index contributed by atoms with van der Waals surface area (Å²) in [6, 6.07) is 9.95. The molecule has 0 aliphatic rings. The van der Waals surface area contributed by atoms with E-state index < -0.39 is 5.97 Å². The maximum Gasteiger partial charge on any atom is 0.303 e. The molecule has 1 N–H and O–H groups in total. The first-order chi connectivity index (χ1) is 12.9. The number of rotatable bonds is 6. The summed E-state index contributed by atoms with van der Waals surface area (Å²) in [5.41, 5.74) is 4.29. The number of halogens is 2. The molecule has 1 aromatic carbocycles. The molecule has 0 bridgehead atoms. The second-order valence-corrected chi connectivity index (χ2v) is 7.01. The minimum absolute atomic E-state index is 0.0615. The molecule has 0 unspecified atom stereocenters. The first-order valence-electron chi connectivity index (χ1n) is 8.74. The van der Waals surface area contributed by atoms with Crippen LogP contribution in [0, 0.1) is 5.82 Å². The van der Waals surface area contributed by atoms with Gasteiger partial charge in [0.2, 0.25) is 0 Å². The van der Waals surface area contributed by atoms with Crippen molar-refractivity contribution in [2.75, 3.05) is 0 Å². The van der Waals surface area contributed by atoms with E-state index in [1.54, 1.807) is 22.7 Å². The van der Waals surface area contributed by atoms with Gasteiger partial charge in [0.05, 0.1) is 11.2 Å². The number of hydrogen-bond acceptors (Lipinski definition) is 2. The van der Waals surface area contributed by atoms with Gasteiger partial charge < -0.3 is 5.11 Å². The molecule has 2 heterocycles. The van der Waals surface area contributed by atoms with Crippen LogP contribution in [0.5, 0.6) is 0 Å². The van der Waals surface area contributed by atoms with Gasteiger partial charge in [0, 0.05) is 17.5 Å². The van der Waals surface area contributed by atoms with Crippen molar-refractivity contribution >= 4 is 29.2 Å². The summed E-state index contributed by atoms with van der Waals surface area (Å²) in [6.45, 7) is 4.07. The molecule has 6 heteroatoms. The lowest BCUT2D eigenvalue weighted by Crippen LogP contribution is -2.06.